The van der Waals surface area contributed by atoms with Gasteiger partial charge in [0.15, 0.2) is 5.84 Å². The summed E-state index contributed by atoms with van der Waals surface area (Å²) in [5.41, 5.74) is 4.07. The van der Waals surface area contributed by atoms with Gasteiger partial charge < -0.3 is 14.5 Å². The van der Waals surface area contributed by atoms with Gasteiger partial charge in [-0.2, -0.15) is 24.3 Å². The first-order chi connectivity index (χ1) is 9.40. The molecule has 0 fully saturated rings. The van der Waals surface area contributed by atoms with Crippen molar-refractivity contribution in [1.29, 1.82) is 0 Å². The number of fused-ring (bicyclic) bond motifs is 6. The fourth-order valence-corrected chi connectivity index (χ4v) is 2.54. The molecule has 0 bridgehead atoms. The van der Waals surface area contributed by atoms with Crippen LogP contribution in [0.15, 0.2) is 41.6 Å². The zero-order valence-electron chi connectivity index (χ0n) is 10.6. The predicted molar refractivity (Wildman–Crippen MR) is 71.7 cm³/mol. The van der Waals surface area contributed by atoms with E-state index in [4.69, 9.17) is 9.57 Å². The number of amidine groups is 1. The third kappa shape index (κ3) is 1.67. The molecular formula is C15H10IrN2O2-2. The van der Waals surface area contributed by atoms with Gasteiger partial charge in [-0.1, -0.05) is 23.4 Å². The molecule has 0 unspecified atom stereocenters. The summed E-state index contributed by atoms with van der Waals surface area (Å²) < 4.78 is 5.45. The quantitative estimate of drug-likeness (QED) is 0.637. The van der Waals surface area contributed by atoms with Crippen molar-refractivity contribution in [1.82, 2.24) is 0 Å². The molecule has 0 aromatic heterocycles. The van der Waals surface area contributed by atoms with Crippen molar-refractivity contribution in [3.8, 4) is 16.9 Å². The number of ether oxygens (including phenoxy) is 1. The van der Waals surface area contributed by atoms with Crippen molar-refractivity contribution in [2.75, 3.05) is 12.0 Å². The van der Waals surface area contributed by atoms with Crippen LogP contribution in [0, 0.1) is 12.8 Å². The number of anilines is 1. The molecule has 2 heterocycles. The molecule has 4 rings (SSSR count). The summed E-state index contributed by atoms with van der Waals surface area (Å²) in [5, 5.41) is 4.09. The predicted octanol–water partition coefficient (Wildman–Crippen LogP) is 2.79. The Labute approximate surface area is 130 Å². The first kappa shape index (κ1) is 13.2. The molecule has 20 heavy (non-hydrogen) atoms. The maximum atomic E-state index is 5.45. The monoisotopic (exact) mass is 443 g/mol. The number of para-hydroxylation sites is 1. The molecule has 0 saturated carbocycles. The Kier molecular flexibility index (Phi) is 3.24. The van der Waals surface area contributed by atoms with Crippen LogP contribution in [0.4, 0.5) is 5.69 Å². The van der Waals surface area contributed by atoms with Crippen LogP contribution in [0.2, 0.25) is 0 Å². The number of benzene rings is 2. The van der Waals surface area contributed by atoms with E-state index in [1.54, 1.807) is 13.8 Å². The van der Waals surface area contributed by atoms with Crippen molar-refractivity contribution >= 4 is 11.5 Å². The molecule has 0 amide bonds. The molecule has 0 saturated heterocycles. The number of hydrogen-bond acceptors (Lipinski definition) is 4. The van der Waals surface area contributed by atoms with Crippen molar-refractivity contribution < 1.29 is 29.7 Å². The Hall–Kier alpha value is -1.84. The molecular weight excluding hydrogens is 432 g/mol. The number of rotatable bonds is 1. The van der Waals surface area contributed by atoms with Gasteiger partial charge in [0.1, 0.15) is 5.75 Å². The summed E-state index contributed by atoms with van der Waals surface area (Å²) in [6, 6.07) is 15.1. The molecule has 1 radical (unpaired) electrons. The minimum atomic E-state index is 0. The second kappa shape index (κ2) is 4.93. The van der Waals surface area contributed by atoms with E-state index < -0.39 is 0 Å². The molecule has 4 nitrogen and oxygen atoms in total. The van der Waals surface area contributed by atoms with E-state index in [1.807, 2.05) is 29.2 Å². The van der Waals surface area contributed by atoms with Gasteiger partial charge in [0.2, 0.25) is 0 Å². The van der Waals surface area contributed by atoms with Crippen molar-refractivity contribution in [2.45, 2.75) is 0 Å². The molecule has 2 aromatic rings. The second-order valence-electron chi connectivity index (χ2n) is 4.31. The van der Waals surface area contributed by atoms with E-state index in [0.717, 1.165) is 34.0 Å². The van der Waals surface area contributed by atoms with Gasteiger partial charge in [-0.15, -0.1) is 10.7 Å². The Morgan fingerprint density at radius 3 is 2.95 bits per heavy atom. The number of hydrogen-bond donors (Lipinski definition) is 0. The van der Waals surface area contributed by atoms with Crippen molar-refractivity contribution in [3.05, 3.63) is 54.8 Å². The molecule has 0 spiro atoms. The SMILES string of the molecule is COc1cccc2c1C1=NO[CH-]N1c1[c-]cccc1-2.[Ir]. The molecule has 2 aliphatic heterocycles. The molecule has 103 valence electrons. The molecule has 0 atom stereocenters. The zero-order chi connectivity index (χ0) is 12.8. The topological polar surface area (TPSA) is 34.1 Å². The normalized spacial score (nSPS) is 14.2. The first-order valence-corrected chi connectivity index (χ1v) is 5.95. The molecule has 5 heteroatoms. The minimum absolute atomic E-state index is 0. The van der Waals surface area contributed by atoms with E-state index >= 15 is 0 Å². The van der Waals surface area contributed by atoms with Crippen LogP contribution in [-0.2, 0) is 24.9 Å². The standard InChI is InChI=1S/C15H10N2O2.Ir/c1-18-13-8-4-6-11-10-5-2-3-7-12(10)17-9-19-16-15(17)14(11)13;/h2-6,8-9H,1H3;/q-2;. The Balaban J connectivity index is 0.00000121. The average molecular weight is 442 g/mol. The summed E-state index contributed by atoms with van der Waals surface area (Å²) in [5.74, 6) is 1.53. The largest absolute Gasteiger partial charge is 0.544 e. The van der Waals surface area contributed by atoms with Gasteiger partial charge in [-0.25, -0.2) is 0 Å². The van der Waals surface area contributed by atoms with Crippen LogP contribution in [0.1, 0.15) is 5.56 Å². The number of nitrogens with zero attached hydrogens (tertiary/aromatic N) is 2. The van der Waals surface area contributed by atoms with Gasteiger partial charge in [0.25, 0.3) is 0 Å². The smallest absolute Gasteiger partial charge is 0.151 e. The van der Waals surface area contributed by atoms with E-state index in [-0.39, 0.29) is 20.1 Å². The van der Waals surface area contributed by atoms with E-state index in [0.29, 0.717) is 0 Å². The summed E-state index contributed by atoms with van der Waals surface area (Å²) in [7, 11) is 1.66. The van der Waals surface area contributed by atoms with Gasteiger partial charge in [0.05, 0.1) is 12.7 Å². The second-order valence-corrected chi connectivity index (χ2v) is 4.31. The van der Waals surface area contributed by atoms with Crippen LogP contribution in [0.25, 0.3) is 11.1 Å². The van der Waals surface area contributed by atoms with E-state index in [1.165, 1.54) is 0 Å². The number of methoxy groups -OCH3 is 1. The molecule has 0 aliphatic carbocycles. The average Bonchev–Trinajstić information content (AvgIpc) is 2.96. The van der Waals surface area contributed by atoms with Gasteiger partial charge in [0, 0.05) is 20.1 Å². The van der Waals surface area contributed by atoms with Crippen LogP contribution in [-0.4, -0.2) is 12.9 Å². The molecule has 0 N–H and O–H groups in total. The molecule has 2 aromatic carbocycles. The fourth-order valence-electron chi connectivity index (χ4n) is 2.54. The zero-order valence-corrected chi connectivity index (χ0v) is 13.0. The Bertz CT molecular complexity index is 700. The summed E-state index contributed by atoms with van der Waals surface area (Å²) in [6.07, 6.45) is 0. The summed E-state index contributed by atoms with van der Waals surface area (Å²) >= 11 is 0. The van der Waals surface area contributed by atoms with Gasteiger partial charge in [-0.05, 0) is 12.8 Å². The number of oxime groups is 1. The fraction of sp³-hybridized carbons (Fsp3) is 0.0667. The first-order valence-electron chi connectivity index (χ1n) is 5.95. The van der Waals surface area contributed by atoms with Crippen LogP contribution in [0.5, 0.6) is 5.75 Å². The van der Waals surface area contributed by atoms with Gasteiger partial charge >= 0.3 is 0 Å². The van der Waals surface area contributed by atoms with Gasteiger partial charge in [-0.3, -0.25) is 0 Å². The third-order valence-corrected chi connectivity index (χ3v) is 3.36. The van der Waals surface area contributed by atoms with E-state index in [9.17, 15) is 0 Å². The maximum Gasteiger partial charge on any atom is 0.151 e. The van der Waals surface area contributed by atoms with Crippen LogP contribution >= 0.6 is 0 Å². The summed E-state index contributed by atoms with van der Waals surface area (Å²) in [4.78, 5) is 7.01. The van der Waals surface area contributed by atoms with E-state index in [2.05, 4.69) is 23.4 Å². The van der Waals surface area contributed by atoms with Crippen molar-refractivity contribution in [3.63, 3.8) is 0 Å². The third-order valence-electron chi connectivity index (χ3n) is 3.36. The van der Waals surface area contributed by atoms with Crippen LogP contribution in [0.3, 0.4) is 0 Å². The maximum absolute atomic E-state index is 5.45. The molecule has 2 aliphatic rings. The Morgan fingerprint density at radius 2 is 2.10 bits per heavy atom. The minimum Gasteiger partial charge on any atom is -0.544 e. The van der Waals surface area contributed by atoms with Crippen molar-refractivity contribution in [2.24, 2.45) is 5.16 Å². The summed E-state index contributed by atoms with van der Waals surface area (Å²) in [6.45, 7) is 1.58. The Morgan fingerprint density at radius 1 is 1.25 bits per heavy atom. The van der Waals surface area contributed by atoms with Crippen LogP contribution < -0.4 is 9.64 Å².